The van der Waals surface area contributed by atoms with Crippen molar-refractivity contribution in [1.29, 1.82) is 0 Å². The second-order valence-electron chi connectivity index (χ2n) is 4.17. The highest BCUT2D eigenvalue weighted by atomic mass is 32.2. The first-order valence-corrected chi connectivity index (χ1v) is 7.22. The highest BCUT2D eigenvalue weighted by Gasteiger charge is 2.04. The number of hydrogen-bond acceptors (Lipinski definition) is 3. The lowest BCUT2D eigenvalue weighted by Gasteiger charge is -2.09. The van der Waals surface area contributed by atoms with E-state index < -0.39 is 0 Å². The molecule has 3 heteroatoms. The van der Waals surface area contributed by atoms with Gasteiger partial charge < -0.3 is 4.74 Å². The van der Waals surface area contributed by atoms with Crippen molar-refractivity contribution in [3.8, 4) is 5.75 Å². The summed E-state index contributed by atoms with van der Waals surface area (Å²) in [4.78, 5) is 10.8. The number of benzene rings is 2. The van der Waals surface area contributed by atoms with Gasteiger partial charge in [-0.05, 0) is 23.8 Å². The number of thioether (sulfide) groups is 1. The van der Waals surface area contributed by atoms with Crippen molar-refractivity contribution in [2.75, 3.05) is 7.11 Å². The van der Waals surface area contributed by atoms with Crippen LogP contribution in [0, 0.1) is 0 Å². The van der Waals surface area contributed by atoms with E-state index in [4.69, 9.17) is 4.74 Å². The van der Waals surface area contributed by atoms with Gasteiger partial charge in [-0.3, -0.25) is 4.79 Å². The van der Waals surface area contributed by atoms with Crippen molar-refractivity contribution < 1.29 is 9.53 Å². The fraction of sp³-hybridized carbons (Fsp3) is 0.188. The van der Waals surface area contributed by atoms with E-state index in [0.717, 1.165) is 29.1 Å². The number of carbonyl (C=O) groups is 1. The summed E-state index contributed by atoms with van der Waals surface area (Å²) >= 11 is 1.81. The maximum Gasteiger partial charge on any atom is 0.150 e. The van der Waals surface area contributed by atoms with Crippen molar-refractivity contribution in [1.82, 2.24) is 0 Å². The first kappa shape index (κ1) is 13.7. The van der Waals surface area contributed by atoms with Crippen molar-refractivity contribution in [2.45, 2.75) is 11.5 Å². The maximum atomic E-state index is 10.8. The van der Waals surface area contributed by atoms with Crippen LogP contribution in [0.4, 0.5) is 0 Å². The minimum Gasteiger partial charge on any atom is -0.496 e. The average molecular weight is 272 g/mol. The number of carbonyl (C=O) groups excluding carboxylic acids is 1. The zero-order valence-corrected chi connectivity index (χ0v) is 11.7. The summed E-state index contributed by atoms with van der Waals surface area (Å²) in [5.74, 6) is 2.63. The molecule has 0 N–H and O–H groups in total. The maximum absolute atomic E-state index is 10.8. The lowest BCUT2D eigenvalue weighted by atomic mass is 10.1. The predicted octanol–water partition coefficient (Wildman–Crippen LogP) is 3.94. The standard InChI is InChI=1S/C16H16O2S/c1-18-16-8-7-14(10-17)9-15(16)12-19-11-13-5-3-2-4-6-13/h2-10H,11-12H2,1H3. The second-order valence-corrected chi connectivity index (χ2v) is 5.15. The summed E-state index contributed by atoms with van der Waals surface area (Å²) < 4.78 is 5.32. The van der Waals surface area contributed by atoms with Crippen LogP contribution in [0.2, 0.25) is 0 Å². The summed E-state index contributed by atoms with van der Waals surface area (Å²) in [6.07, 6.45) is 0.866. The summed E-state index contributed by atoms with van der Waals surface area (Å²) in [5.41, 5.74) is 3.06. The molecule has 2 aromatic carbocycles. The Balaban J connectivity index is 2.00. The van der Waals surface area contributed by atoms with Crippen LogP contribution in [0.25, 0.3) is 0 Å². The Bertz CT molecular complexity index is 538. The molecular weight excluding hydrogens is 256 g/mol. The molecule has 0 heterocycles. The van der Waals surface area contributed by atoms with E-state index in [-0.39, 0.29) is 0 Å². The van der Waals surface area contributed by atoms with Gasteiger partial charge in [0.05, 0.1) is 7.11 Å². The molecule has 0 radical (unpaired) electrons. The molecule has 0 unspecified atom stereocenters. The third-order valence-electron chi connectivity index (χ3n) is 2.81. The number of ether oxygens (including phenoxy) is 1. The van der Waals surface area contributed by atoms with Crippen molar-refractivity contribution in [3.05, 3.63) is 65.2 Å². The molecule has 0 aliphatic carbocycles. The normalized spacial score (nSPS) is 10.2. The first-order valence-electron chi connectivity index (χ1n) is 6.07. The minimum absolute atomic E-state index is 0.691. The largest absolute Gasteiger partial charge is 0.496 e. The van der Waals surface area contributed by atoms with E-state index in [1.165, 1.54) is 5.56 Å². The molecule has 0 amide bonds. The molecule has 0 fully saturated rings. The molecule has 2 nitrogen and oxygen atoms in total. The summed E-state index contributed by atoms with van der Waals surface area (Å²) in [6, 6.07) is 15.9. The van der Waals surface area contributed by atoms with E-state index in [1.54, 1.807) is 13.2 Å². The van der Waals surface area contributed by atoms with Gasteiger partial charge >= 0.3 is 0 Å². The molecule has 0 atom stereocenters. The Kier molecular flexibility index (Phi) is 5.04. The number of rotatable bonds is 6. The SMILES string of the molecule is COc1ccc(C=O)cc1CSCc1ccccc1. The Morgan fingerprint density at radius 3 is 2.58 bits per heavy atom. The van der Waals surface area contributed by atoms with Crippen LogP contribution in [0.3, 0.4) is 0 Å². The van der Waals surface area contributed by atoms with Gasteiger partial charge in [-0.15, -0.1) is 0 Å². The molecular formula is C16H16O2S. The molecule has 2 aromatic rings. The van der Waals surface area contributed by atoms with Gasteiger partial charge in [0.25, 0.3) is 0 Å². The molecule has 0 aliphatic rings. The number of methoxy groups -OCH3 is 1. The molecule has 0 spiro atoms. The molecule has 0 saturated carbocycles. The summed E-state index contributed by atoms with van der Waals surface area (Å²) in [7, 11) is 1.65. The van der Waals surface area contributed by atoms with Crippen LogP contribution < -0.4 is 4.74 Å². The minimum atomic E-state index is 0.691. The molecule has 0 aromatic heterocycles. The second kappa shape index (κ2) is 7.00. The zero-order chi connectivity index (χ0) is 13.5. The Labute approximate surface area is 117 Å². The van der Waals surface area contributed by atoms with Gasteiger partial charge in [0.2, 0.25) is 0 Å². The smallest absolute Gasteiger partial charge is 0.150 e. The van der Waals surface area contributed by atoms with Crippen molar-refractivity contribution in [3.63, 3.8) is 0 Å². The van der Waals surface area contributed by atoms with E-state index in [2.05, 4.69) is 12.1 Å². The van der Waals surface area contributed by atoms with Gasteiger partial charge in [0.1, 0.15) is 12.0 Å². The van der Waals surface area contributed by atoms with E-state index in [9.17, 15) is 4.79 Å². The molecule has 0 aliphatic heterocycles. The van der Waals surface area contributed by atoms with Crippen LogP contribution in [0.5, 0.6) is 5.75 Å². The highest BCUT2D eigenvalue weighted by Crippen LogP contribution is 2.25. The quantitative estimate of drug-likeness (QED) is 0.745. The number of aldehydes is 1. The summed E-state index contributed by atoms with van der Waals surface area (Å²) in [5, 5.41) is 0. The third-order valence-corrected chi connectivity index (χ3v) is 3.86. The number of hydrogen-bond donors (Lipinski definition) is 0. The Morgan fingerprint density at radius 1 is 1.11 bits per heavy atom. The van der Waals surface area contributed by atoms with Crippen LogP contribution in [0.15, 0.2) is 48.5 Å². The molecule has 19 heavy (non-hydrogen) atoms. The predicted molar refractivity (Wildman–Crippen MR) is 79.8 cm³/mol. The van der Waals surface area contributed by atoms with Crippen molar-refractivity contribution >= 4 is 18.0 Å². The molecule has 0 saturated heterocycles. The van der Waals surface area contributed by atoms with Gasteiger partial charge in [-0.1, -0.05) is 30.3 Å². The van der Waals surface area contributed by atoms with E-state index >= 15 is 0 Å². The van der Waals surface area contributed by atoms with Gasteiger partial charge in [-0.25, -0.2) is 0 Å². The van der Waals surface area contributed by atoms with Crippen LogP contribution in [0.1, 0.15) is 21.5 Å². The highest BCUT2D eigenvalue weighted by molar-refractivity contribution is 7.97. The topological polar surface area (TPSA) is 26.3 Å². The monoisotopic (exact) mass is 272 g/mol. The molecule has 98 valence electrons. The first-order chi connectivity index (χ1) is 9.33. The van der Waals surface area contributed by atoms with Crippen LogP contribution >= 0.6 is 11.8 Å². The van der Waals surface area contributed by atoms with E-state index in [0.29, 0.717) is 5.56 Å². The van der Waals surface area contributed by atoms with E-state index in [1.807, 2.05) is 42.1 Å². The van der Waals surface area contributed by atoms with Gasteiger partial charge in [-0.2, -0.15) is 11.8 Å². The Hall–Kier alpha value is -1.74. The van der Waals surface area contributed by atoms with Gasteiger partial charge in [0.15, 0.2) is 0 Å². The lowest BCUT2D eigenvalue weighted by Crippen LogP contribution is -1.93. The fourth-order valence-electron chi connectivity index (χ4n) is 1.84. The fourth-order valence-corrected chi connectivity index (χ4v) is 2.81. The van der Waals surface area contributed by atoms with Crippen LogP contribution in [-0.2, 0) is 11.5 Å². The molecule has 0 bridgehead atoms. The van der Waals surface area contributed by atoms with Crippen molar-refractivity contribution in [2.24, 2.45) is 0 Å². The average Bonchev–Trinajstić information content (AvgIpc) is 2.48. The Morgan fingerprint density at radius 2 is 1.89 bits per heavy atom. The summed E-state index contributed by atoms with van der Waals surface area (Å²) in [6.45, 7) is 0. The van der Waals surface area contributed by atoms with Crippen LogP contribution in [-0.4, -0.2) is 13.4 Å². The lowest BCUT2D eigenvalue weighted by molar-refractivity contribution is 0.112. The van der Waals surface area contributed by atoms with Gasteiger partial charge in [0, 0.05) is 22.6 Å². The zero-order valence-electron chi connectivity index (χ0n) is 10.8. The molecule has 2 rings (SSSR count). The third kappa shape index (κ3) is 3.86.